The summed E-state index contributed by atoms with van der Waals surface area (Å²) < 4.78 is 23.3. The lowest BCUT2D eigenvalue weighted by atomic mass is 10.2. The van der Waals surface area contributed by atoms with Gasteiger partial charge < -0.3 is 11.1 Å². The van der Waals surface area contributed by atoms with Crippen molar-refractivity contribution in [2.45, 2.75) is 31.7 Å². The predicted molar refractivity (Wildman–Crippen MR) is 69.8 cm³/mol. The molecule has 9 heteroatoms. The fourth-order valence-corrected chi connectivity index (χ4v) is 1.49. The Bertz CT molecular complexity index is 549. The van der Waals surface area contributed by atoms with Crippen LogP contribution in [-0.2, 0) is 27.7 Å². The number of rotatable bonds is 6. The summed E-state index contributed by atoms with van der Waals surface area (Å²) in [6.45, 7) is 3.40. The predicted octanol–water partition coefficient (Wildman–Crippen LogP) is -1.32. The lowest BCUT2D eigenvalue weighted by Gasteiger charge is -2.22. The Kier molecular flexibility index (Phi) is 4.64. The van der Waals surface area contributed by atoms with Crippen LogP contribution in [0.2, 0.25) is 0 Å². The SMILES string of the molecule is CC(C)(CNC(=O)Cn1cc(CN)nn1)S(C)(=O)=O. The van der Waals surface area contributed by atoms with E-state index in [1.54, 1.807) is 20.0 Å². The normalized spacial score (nSPS) is 12.4. The molecular formula is C10H19N5O3S. The van der Waals surface area contributed by atoms with Crippen molar-refractivity contribution >= 4 is 15.7 Å². The number of nitrogens with one attached hydrogen (secondary N) is 1. The Morgan fingerprint density at radius 3 is 2.63 bits per heavy atom. The molecule has 108 valence electrons. The maximum Gasteiger partial charge on any atom is 0.241 e. The summed E-state index contributed by atoms with van der Waals surface area (Å²) in [5.41, 5.74) is 5.96. The van der Waals surface area contributed by atoms with Crippen molar-refractivity contribution < 1.29 is 13.2 Å². The molecule has 0 aromatic carbocycles. The molecule has 8 nitrogen and oxygen atoms in total. The van der Waals surface area contributed by atoms with Crippen LogP contribution in [0.15, 0.2) is 6.20 Å². The molecule has 0 spiro atoms. The lowest BCUT2D eigenvalue weighted by Crippen LogP contribution is -2.44. The fourth-order valence-electron chi connectivity index (χ4n) is 1.15. The number of nitrogens with two attached hydrogens (primary N) is 1. The summed E-state index contributed by atoms with van der Waals surface area (Å²) in [7, 11) is -3.24. The second-order valence-corrected chi connectivity index (χ2v) is 7.57. The number of carbonyl (C=O) groups excluding carboxylic acids is 1. The minimum Gasteiger partial charge on any atom is -0.353 e. The van der Waals surface area contributed by atoms with E-state index in [9.17, 15) is 13.2 Å². The zero-order valence-corrected chi connectivity index (χ0v) is 12.1. The number of hydrogen-bond acceptors (Lipinski definition) is 6. The van der Waals surface area contributed by atoms with Gasteiger partial charge in [-0.1, -0.05) is 5.21 Å². The summed E-state index contributed by atoms with van der Waals surface area (Å²) >= 11 is 0. The van der Waals surface area contributed by atoms with E-state index in [1.165, 1.54) is 4.68 Å². The lowest BCUT2D eigenvalue weighted by molar-refractivity contribution is -0.121. The van der Waals surface area contributed by atoms with Gasteiger partial charge in [0.15, 0.2) is 9.84 Å². The monoisotopic (exact) mass is 289 g/mol. The van der Waals surface area contributed by atoms with Gasteiger partial charge in [-0.25, -0.2) is 13.1 Å². The minimum absolute atomic E-state index is 0.0210. The van der Waals surface area contributed by atoms with E-state index in [4.69, 9.17) is 5.73 Å². The van der Waals surface area contributed by atoms with Crippen LogP contribution in [-0.4, -0.2) is 46.9 Å². The molecule has 0 aliphatic heterocycles. The van der Waals surface area contributed by atoms with Crippen LogP contribution in [0.4, 0.5) is 0 Å². The van der Waals surface area contributed by atoms with Gasteiger partial charge in [-0.05, 0) is 13.8 Å². The largest absolute Gasteiger partial charge is 0.353 e. The average Bonchev–Trinajstić information content (AvgIpc) is 2.72. The van der Waals surface area contributed by atoms with Crippen LogP contribution in [0.3, 0.4) is 0 Å². The molecule has 0 aliphatic rings. The first-order chi connectivity index (χ1) is 8.65. The van der Waals surface area contributed by atoms with Crippen LogP contribution < -0.4 is 11.1 Å². The Hall–Kier alpha value is -1.48. The first-order valence-corrected chi connectivity index (χ1v) is 7.60. The van der Waals surface area contributed by atoms with Crippen LogP contribution in [0.1, 0.15) is 19.5 Å². The van der Waals surface area contributed by atoms with E-state index in [0.717, 1.165) is 6.26 Å². The molecule has 19 heavy (non-hydrogen) atoms. The van der Waals surface area contributed by atoms with E-state index in [1.807, 2.05) is 0 Å². The second-order valence-electron chi connectivity index (χ2n) is 4.92. The van der Waals surface area contributed by atoms with Crippen LogP contribution in [0, 0.1) is 0 Å². The number of carbonyl (C=O) groups is 1. The van der Waals surface area contributed by atoms with Gasteiger partial charge in [0, 0.05) is 19.3 Å². The van der Waals surface area contributed by atoms with Crippen molar-refractivity contribution in [2.75, 3.05) is 12.8 Å². The summed E-state index contributed by atoms with van der Waals surface area (Å²) in [4.78, 5) is 11.7. The van der Waals surface area contributed by atoms with Gasteiger partial charge in [-0.15, -0.1) is 5.10 Å². The molecule has 1 aromatic heterocycles. The zero-order chi connectivity index (χ0) is 14.7. The number of amides is 1. The molecule has 0 saturated carbocycles. The highest BCUT2D eigenvalue weighted by Gasteiger charge is 2.30. The Morgan fingerprint density at radius 2 is 2.16 bits per heavy atom. The van der Waals surface area contributed by atoms with E-state index in [0.29, 0.717) is 5.69 Å². The highest BCUT2D eigenvalue weighted by atomic mass is 32.2. The van der Waals surface area contributed by atoms with Gasteiger partial charge in [-0.2, -0.15) is 0 Å². The molecule has 3 N–H and O–H groups in total. The smallest absolute Gasteiger partial charge is 0.241 e. The van der Waals surface area contributed by atoms with Crippen molar-refractivity contribution in [2.24, 2.45) is 5.73 Å². The average molecular weight is 289 g/mol. The molecule has 1 rings (SSSR count). The highest BCUT2D eigenvalue weighted by molar-refractivity contribution is 7.92. The van der Waals surface area contributed by atoms with Crippen LogP contribution >= 0.6 is 0 Å². The summed E-state index contributed by atoms with van der Waals surface area (Å²) in [5.74, 6) is -0.329. The second kappa shape index (κ2) is 5.66. The topological polar surface area (TPSA) is 120 Å². The molecule has 0 saturated heterocycles. The van der Waals surface area contributed by atoms with Crippen molar-refractivity contribution in [1.82, 2.24) is 20.3 Å². The summed E-state index contributed by atoms with van der Waals surface area (Å²) in [6, 6.07) is 0. The fraction of sp³-hybridized carbons (Fsp3) is 0.700. The maximum atomic E-state index is 11.7. The van der Waals surface area contributed by atoms with E-state index >= 15 is 0 Å². The van der Waals surface area contributed by atoms with Crippen molar-refractivity contribution in [3.63, 3.8) is 0 Å². The molecule has 0 aliphatic carbocycles. The third-order valence-corrected chi connectivity index (χ3v) is 4.97. The van der Waals surface area contributed by atoms with Gasteiger partial charge in [0.2, 0.25) is 5.91 Å². The van der Waals surface area contributed by atoms with Crippen molar-refractivity contribution in [1.29, 1.82) is 0 Å². The quantitative estimate of drug-likeness (QED) is 0.670. The van der Waals surface area contributed by atoms with Crippen LogP contribution in [0.25, 0.3) is 0 Å². The van der Waals surface area contributed by atoms with Crippen LogP contribution in [0.5, 0.6) is 0 Å². The van der Waals surface area contributed by atoms with Gasteiger partial charge in [0.05, 0.1) is 16.6 Å². The molecule has 0 radical (unpaired) electrons. The van der Waals surface area contributed by atoms with Crippen molar-refractivity contribution in [3.8, 4) is 0 Å². The van der Waals surface area contributed by atoms with Gasteiger partial charge in [0.25, 0.3) is 0 Å². The van der Waals surface area contributed by atoms with E-state index < -0.39 is 14.6 Å². The summed E-state index contributed by atoms with van der Waals surface area (Å²) in [6.07, 6.45) is 2.71. The molecular weight excluding hydrogens is 270 g/mol. The van der Waals surface area contributed by atoms with Gasteiger partial charge >= 0.3 is 0 Å². The third kappa shape index (κ3) is 4.28. The zero-order valence-electron chi connectivity index (χ0n) is 11.3. The first-order valence-electron chi connectivity index (χ1n) is 5.71. The Balaban J connectivity index is 2.53. The van der Waals surface area contributed by atoms with Crippen molar-refractivity contribution in [3.05, 3.63) is 11.9 Å². The molecule has 0 fully saturated rings. The third-order valence-electron chi connectivity index (χ3n) is 2.82. The number of aromatic nitrogens is 3. The van der Waals surface area contributed by atoms with Gasteiger partial charge in [0.1, 0.15) is 6.54 Å². The van der Waals surface area contributed by atoms with Gasteiger partial charge in [-0.3, -0.25) is 4.79 Å². The number of sulfone groups is 1. The molecule has 1 aromatic rings. The molecule has 0 unspecified atom stereocenters. The van der Waals surface area contributed by atoms with E-state index in [-0.39, 0.29) is 25.5 Å². The molecule has 1 heterocycles. The molecule has 0 bridgehead atoms. The standard InChI is InChI=1S/C10H19N5O3S/c1-10(2,19(3,17)18)7-12-9(16)6-15-5-8(4-11)13-14-15/h5H,4,6-7,11H2,1-3H3,(H,12,16). The number of nitrogens with zero attached hydrogens (tertiary/aromatic N) is 3. The first kappa shape index (κ1) is 15.6. The minimum atomic E-state index is -3.24. The molecule has 1 amide bonds. The Morgan fingerprint density at radius 1 is 1.53 bits per heavy atom. The highest BCUT2D eigenvalue weighted by Crippen LogP contribution is 2.13. The maximum absolute atomic E-state index is 11.7. The summed E-state index contributed by atoms with van der Waals surface area (Å²) in [5, 5.41) is 10.0. The van der Waals surface area contributed by atoms with E-state index in [2.05, 4.69) is 15.6 Å². The number of hydrogen-bond donors (Lipinski definition) is 2. The molecule has 0 atom stereocenters. The Labute approximate surface area is 112 Å².